The van der Waals surface area contributed by atoms with Crippen molar-refractivity contribution in [2.75, 3.05) is 6.61 Å². The van der Waals surface area contributed by atoms with Gasteiger partial charge in [0, 0.05) is 12.6 Å². The Bertz CT molecular complexity index is 112. The number of nitrogens with zero attached hydrogens (tertiary/aromatic N) is 1. The first kappa shape index (κ1) is 10.4. The molecule has 0 fully saturated rings. The number of hydrogen-bond donors (Lipinski definition) is 2. The molecule has 0 aromatic heterocycles. The second kappa shape index (κ2) is 6.12. The largest absolute Gasteiger partial charge is 0.393 e. The number of aliphatic hydroxyl groups excluding tert-OH is 2. The maximum absolute atomic E-state index is 8.76. The van der Waals surface area contributed by atoms with Gasteiger partial charge in [-0.2, -0.15) is 0 Å². The molecule has 2 unspecified atom stereocenters. The SMILES string of the molecule is CC(O)CC=NOCC(C)O. The van der Waals surface area contributed by atoms with Gasteiger partial charge in [-0.25, -0.2) is 0 Å². The van der Waals surface area contributed by atoms with E-state index in [9.17, 15) is 0 Å². The van der Waals surface area contributed by atoms with Crippen molar-refractivity contribution < 1.29 is 15.1 Å². The molecule has 0 aromatic rings. The highest BCUT2D eigenvalue weighted by Crippen LogP contribution is 1.86. The van der Waals surface area contributed by atoms with Crippen molar-refractivity contribution in [2.24, 2.45) is 5.16 Å². The Morgan fingerprint density at radius 2 is 2.00 bits per heavy atom. The lowest BCUT2D eigenvalue weighted by Gasteiger charge is -2.00. The normalized spacial score (nSPS) is 16.7. The number of rotatable bonds is 5. The zero-order valence-electron chi connectivity index (χ0n) is 6.90. The molecule has 0 saturated carbocycles. The van der Waals surface area contributed by atoms with Crippen LogP contribution in [0, 0.1) is 0 Å². The highest BCUT2D eigenvalue weighted by Gasteiger charge is 1.93. The lowest BCUT2D eigenvalue weighted by atomic mass is 10.3. The summed E-state index contributed by atoms with van der Waals surface area (Å²) in [5, 5.41) is 21.0. The van der Waals surface area contributed by atoms with E-state index in [2.05, 4.69) is 9.99 Å². The molecular weight excluding hydrogens is 146 g/mol. The number of oxime groups is 1. The molecule has 2 atom stereocenters. The Balaban J connectivity index is 3.17. The van der Waals surface area contributed by atoms with E-state index in [1.165, 1.54) is 6.21 Å². The molecule has 0 saturated heterocycles. The van der Waals surface area contributed by atoms with Gasteiger partial charge < -0.3 is 15.1 Å². The van der Waals surface area contributed by atoms with E-state index >= 15 is 0 Å². The van der Waals surface area contributed by atoms with Crippen LogP contribution in [0.5, 0.6) is 0 Å². The molecule has 0 aromatic carbocycles. The Hall–Kier alpha value is -0.610. The highest BCUT2D eigenvalue weighted by molar-refractivity contribution is 5.56. The third-order valence-electron chi connectivity index (χ3n) is 0.911. The summed E-state index contributed by atoms with van der Waals surface area (Å²) < 4.78 is 0. The fourth-order valence-corrected chi connectivity index (χ4v) is 0.399. The molecule has 0 aliphatic rings. The van der Waals surface area contributed by atoms with Crippen molar-refractivity contribution in [3.63, 3.8) is 0 Å². The van der Waals surface area contributed by atoms with E-state index in [4.69, 9.17) is 10.2 Å². The van der Waals surface area contributed by atoms with Gasteiger partial charge in [0.25, 0.3) is 0 Å². The maximum atomic E-state index is 8.76. The van der Waals surface area contributed by atoms with E-state index in [1.807, 2.05) is 0 Å². The van der Waals surface area contributed by atoms with Crippen LogP contribution in [0.1, 0.15) is 20.3 Å². The first-order chi connectivity index (χ1) is 5.13. The lowest BCUT2D eigenvalue weighted by molar-refractivity contribution is 0.0502. The predicted octanol–water partition coefficient (Wildman–Crippen LogP) is 0.140. The van der Waals surface area contributed by atoms with E-state index in [0.29, 0.717) is 6.42 Å². The first-order valence-corrected chi connectivity index (χ1v) is 3.63. The van der Waals surface area contributed by atoms with Crippen molar-refractivity contribution in [3.05, 3.63) is 0 Å². The molecule has 2 N–H and O–H groups in total. The van der Waals surface area contributed by atoms with Crippen LogP contribution in [0.15, 0.2) is 5.16 Å². The third kappa shape index (κ3) is 9.39. The van der Waals surface area contributed by atoms with Crippen molar-refractivity contribution in [2.45, 2.75) is 32.5 Å². The van der Waals surface area contributed by atoms with Gasteiger partial charge in [0.05, 0.1) is 12.2 Å². The Morgan fingerprint density at radius 3 is 2.45 bits per heavy atom. The van der Waals surface area contributed by atoms with Crippen molar-refractivity contribution in [1.29, 1.82) is 0 Å². The quantitative estimate of drug-likeness (QED) is 0.445. The average Bonchev–Trinajstić information content (AvgIpc) is 1.85. The summed E-state index contributed by atoms with van der Waals surface area (Å²) in [4.78, 5) is 4.65. The van der Waals surface area contributed by atoms with Crippen LogP contribution in [-0.4, -0.2) is 35.2 Å². The van der Waals surface area contributed by atoms with Gasteiger partial charge >= 0.3 is 0 Å². The highest BCUT2D eigenvalue weighted by atomic mass is 16.6. The van der Waals surface area contributed by atoms with Gasteiger partial charge in [-0.15, -0.1) is 0 Å². The van der Waals surface area contributed by atoms with Crippen LogP contribution in [-0.2, 0) is 4.84 Å². The molecule has 0 heterocycles. The first-order valence-electron chi connectivity index (χ1n) is 3.63. The summed E-state index contributed by atoms with van der Waals surface area (Å²) in [6, 6.07) is 0. The fourth-order valence-electron chi connectivity index (χ4n) is 0.399. The standard InChI is InChI=1S/C7H15NO3/c1-6(9)3-4-8-11-5-7(2)10/h4,6-7,9-10H,3,5H2,1-2H3. The van der Waals surface area contributed by atoms with Gasteiger partial charge in [0.1, 0.15) is 6.61 Å². The number of hydrogen-bond acceptors (Lipinski definition) is 4. The molecule has 0 spiro atoms. The van der Waals surface area contributed by atoms with Crippen LogP contribution in [0.4, 0.5) is 0 Å². The molecule has 0 aliphatic carbocycles. The Labute approximate surface area is 66.5 Å². The minimum Gasteiger partial charge on any atom is -0.393 e. The Morgan fingerprint density at radius 1 is 1.36 bits per heavy atom. The summed E-state index contributed by atoms with van der Waals surface area (Å²) >= 11 is 0. The second-order valence-electron chi connectivity index (χ2n) is 2.52. The zero-order valence-corrected chi connectivity index (χ0v) is 6.90. The maximum Gasteiger partial charge on any atom is 0.142 e. The van der Waals surface area contributed by atoms with Crippen LogP contribution in [0.25, 0.3) is 0 Å². The zero-order chi connectivity index (χ0) is 8.69. The van der Waals surface area contributed by atoms with Crippen LogP contribution >= 0.6 is 0 Å². The van der Waals surface area contributed by atoms with Gasteiger partial charge in [-0.05, 0) is 13.8 Å². The van der Waals surface area contributed by atoms with Gasteiger partial charge in [0.15, 0.2) is 0 Å². The molecule has 66 valence electrons. The summed E-state index contributed by atoms with van der Waals surface area (Å²) in [5.74, 6) is 0. The molecule has 0 amide bonds. The monoisotopic (exact) mass is 161 g/mol. The van der Waals surface area contributed by atoms with Crippen molar-refractivity contribution in [1.82, 2.24) is 0 Å². The second-order valence-corrected chi connectivity index (χ2v) is 2.52. The van der Waals surface area contributed by atoms with Crippen molar-refractivity contribution >= 4 is 6.21 Å². The van der Waals surface area contributed by atoms with Gasteiger partial charge in [-0.1, -0.05) is 5.16 Å². The van der Waals surface area contributed by atoms with Crippen LogP contribution < -0.4 is 0 Å². The summed E-state index contributed by atoms with van der Waals surface area (Å²) in [7, 11) is 0. The van der Waals surface area contributed by atoms with Gasteiger partial charge in [0.2, 0.25) is 0 Å². The molecule has 0 aliphatic heterocycles. The molecule has 4 nitrogen and oxygen atoms in total. The average molecular weight is 161 g/mol. The lowest BCUT2D eigenvalue weighted by Crippen LogP contribution is -2.07. The van der Waals surface area contributed by atoms with Crippen LogP contribution in [0.3, 0.4) is 0 Å². The summed E-state index contributed by atoms with van der Waals surface area (Å²) in [6.07, 6.45) is 1.06. The fraction of sp³-hybridized carbons (Fsp3) is 0.857. The van der Waals surface area contributed by atoms with Crippen LogP contribution in [0.2, 0.25) is 0 Å². The van der Waals surface area contributed by atoms with E-state index < -0.39 is 12.2 Å². The van der Waals surface area contributed by atoms with E-state index in [0.717, 1.165) is 0 Å². The molecule has 4 heteroatoms. The smallest absolute Gasteiger partial charge is 0.142 e. The minimum atomic E-state index is -0.501. The summed E-state index contributed by atoms with van der Waals surface area (Å²) in [5.41, 5.74) is 0. The Kier molecular flexibility index (Phi) is 5.78. The molecule has 0 rings (SSSR count). The molecule has 0 bridgehead atoms. The van der Waals surface area contributed by atoms with E-state index in [-0.39, 0.29) is 6.61 Å². The molecular formula is C7H15NO3. The molecule has 0 radical (unpaired) electrons. The topological polar surface area (TPSA) is 62.1 Å². The van der Waals surface area contributed by atoms with Crippen molar-refractivity contribution in [3.8, 4) is 0 Å². The summed E-state index contributed by atoms with van der Waals surface area (Å²) in [6.45, 7) is 3.47. The third-order valence-corrected chi connectivity index (χ3v) is 0.911. The van der Waals surface area contributed by atoms with E-state index in [1.54, 1.807) is 13.8 Å². The predicted molar refractivity (Wildman–Crippen MR) is 42.4 cm³/mol. The van der Waals surface area contributed by atoms with Gasteiger partial charge in [-0.3, -0.25) is 0 Å². The molecule has 11 heavy (non-hydrogen) atoms. The minimum absolute atomic E-state index is 0.191. The number of aliphatic hydroxyl groups is 2.